The third-order valence-electron chi connectivity index (χ3n) is 3.15. The molecule has 1 heterocycles. The van der Waals surface area contributed by atoms with E-state index in [0.29, 0.717) is 25.8 Å². The zero-order chi connectivity index (χ0) is 13.8. The quantitative estimate of drug-likeness (QED) is 0.846. The van der Waals surface area contributed by atoms with Crippen molar-refractivity contribution in [2.24, 2.45) is 5.92 Å². The second-order valence-electron chi connectivity index (χ2n) is 4.95. The number of nitrogens with one attached hydrogen (secondary N) is 1. The molecule has 1 rings (SSSR count). The second kappa shape index (κ2) is 6.41. The van der Waals surface area contributed by atoms with Gasteiger partial charge in [0.1, 0.15) is 6.54 Å². The number of piperidine rings is 1. The molecule has 0 bridgehead atoms. The van der Waals surface area contributed by atoms with Crippen LogP contribution in [0.1, 0.15) is 33.1 Å². The predicted molar refractivity (Wildman–Crippen MR) is 63.1 cm³/mol. The number of nitrogens with zero attached hydrogens (tertiary/aromatic N) is 1. The van der Waals surface area contributed by atoms with E-state index in [1.807, 2.05) is 6.92 Å². The van der Waals surface area contributed by atoms with Gasteiger partial charge in [-0.2, -0.15) is 13.2 Å². The van der Waals surface area contributed by atoms with E-state index < -0.39 is 12.7 Å². The van der Waals surface area contributed by atoms with Crippen LogP contribution in [0.5, 0.6) is 0 Å². The first-order valence-electron chi connectivity index (χ1n) is 6.42. The van der Waals surface area contributed by atoms with Crippen LogP contribution in [0.15, 0.2) is 0 Å². The van der Waals surface area contributed by atoms with Gasteiger partial charge in [-0.3, -0.25) is 4.79 Å². The van der Waals surface area contributed by atoms with Gasteiger partial charge < -0.3 is 10.2 Å². The van der Waals surface area contributed by atoms with E-state index in [4.69, 9.17) is 0 Å². The zero-order valence-corrected chi connectivity index (χ0v) is 10.9. The lowest BCUT2D eigenvalue weighted by atomic mass is 9.92. The number of carbonyl (C=O) groups excluding carboxylic acids is 1. The van der Waals surface area contributed by atoms with E-state index in [0.717, 1.165) is 4.90 Å². The number of carbonyl (C=O) groups is 1. The van der Waals surface area contributed by atoms with Gasteiger partial charge in [-0.25, -0.2) is 0 Å². The summed E-state index contributed by atoms with van der Waals surface area (Å²) in [5.74, 6) is -0.613. The van der Waals surface area contributed by atoms with Crippen molar-refractivity contribution in [3.05, 3.63) is 0 Å². The summed E-state index contributed by atoms with van der Waals surface area (Å²) in [6.45, 7) is 3.48. The van der Waals surface area contributed by atoms with Gasteiger partial charge in [0.05, 0.1) is 0 Å². The van der Waals surface area contributed by atoms with Crippen LogP contribution >= 0.6 is 0 Å². The first-order chi connectivity index (χ1) is 8.33. The Morgan fingerprint density at radius 1 is 1.44 bits per heavy atom. The van der Waals surface area contributed by atoms with Gasteiger partial charge in [0.15, 0.2) is 0 Å². The van der Waals surface area contributed by atoms with E-state index in [1.54, 1.807) is 6.92 Å². The van der Waals surface area contributed by atoms with Crippen molar-refractivity contribution >= 4 is 5.91 Å². The molecule has 2 unspecified atom stereocenters. The van der Waals surface area contributed by atoms with Crippen LogP contribution in [0.4, 0.5) is 13.2 Å². The summed E-state index contributed by atoms with van der Waals surface area (Å²) in [4.78, 5) is 13.1. The van der Waals surface area contributed by atoms with Crippen LogP contribution in [0.3, 0.4) is 0 Å². The molecule has 1 saturated heterocycles. The van der Waals surface area contributed by atoms with Gasteiger partial charge >= 0.3 is 6.18 Å². The first-order valence-corrected chi connectivity index (χ1v) is 6.42. The van der Waals surface area contributed by atoms with Crippen LogP contribution in [0, 0.1) is 5.92 Å². The number of hydrogen-bond acceptors (Lipinski definition) is 2. The fourth-order valence-electron chi connectivity index (χ4n) is 2.37. The van der Waals surface area contributed by atoms with E-state index in [1.165, 1.54) is 0 Å². The highest BCUT2D eigenvalue weighted by molar-refractivity contribution is 5.79. The van der Waals surface area contributed by atoms with Crippen LogP contribution < -0.4 is 5.32 Å². The van der Waals surface area contributed by atoms with Crippen molar-refractivity contribution < 1.29 is 18.0 Å². The molecule has 1 fully saturated rings. The molecular weight excluding hydrogens is 245 g/mol. The maximum atomic E-state index is 12.4. The largest absolute Gasteiger partial charge is 0.406 e. The molecule has 0 aliphatic carbocycles. The van der Waals surface area contributed by atoms with Crippen LogP contribution in [-0.2, 0) is 4.79 Å². The highest BCUT2D eigenvalue weighted by atomic mass is 19.4. The lowest BCUT2D eigenvalue weighted by Crippen LogP contribution is -2.47. The fourth-order valence-corrected chi connectivity index (χ4v) is 2.37. The molecular formula is C12H21F3N2O. The number of hydrogen-bond donors (Lipinski definition) is 1. The molecule has 3 nitrogen and oxygen atoms in total. The van der Waals surface area contributed by atoms with E-state index >= 15 is 0 Å². The van der Waals surface area contributed by atoms with Crippen molar-refractivity contribution in [3.8, 4) is 0 Å². The van der Waals surface area contributed by atoms with Crippen molar-refractivity contribution in [3.63, 3.8) is 0 Å². The maximum absolute atomic E-state index is 12.4. The third-order valence-corrected chi connectivity index (χ3v) is 3.15. The smallest absolute Gasteiger partial charge is 0.333 e. The molecule has 18 heavy (non-hydrogen) atoms. The first kappa shape index (κ1) is 15.3. The average Bonchev–Trinajstić information content (AvgIpc) is 2.26. The van der Waals surface area contributed by atoms with Gasteiger partial charge in [-0.05, 0) is 32.7 Å². The number of alkyl halides is 3. The molecule has 0 aromatic heterocycles. The van der Waals surface area contributed by atoms with E-state index in [2.05, 4.69) is 5.32 Å². The van der Waals surface area contributed by atoms with Gasteiger partial charge in [-0.15, -0.1) is 0 Å². The molecule has 1 amide bonds. The zero-order valence-electron chi connectivity index (χ0n) is 10.9. The minimum absolute atomic E-state index is 0.177. The molecule has 2 atom stereocenters. The monoisotopic (exact) mass is 266 g/mol. The van der Waals surface area contributed by atoms with Crippen molar-refractivity contribution in [1.29, 1.82) is 0 Å². The van der Waals surface area contributed by atoms with Crippen LogP contribution in [0.25, 0.3) is 0 Å². The number of halogens is 3. The second-order valence-corrected chi connectivity index (χ2v) is 4.95. The van der Waals surface area contributed by atoms with Gasteiger partial charge in [0, 0.05) is 18.5 Å². The summed E-state index contributed by atoms with van der Waals surface area (Å²) in [6, 6.07) is 0.196. The molecule has 6 heteroatoms. The molecule has 0 radical (unpaired) electrons. The standard InChI is InChI=1S/C12H21F3N2O/c1-3-6-17(8-12(13,14)15)11(18)10-4-5-16-9(2)7-10/h9-10,16H,3-8H2,1-2H3. The fraction of sp³-hybridized carbons (Fsp3) is 0.917. The third kappa shape index (κ3) is 4.84. The van der Waals surface area contributed by atoms with E-state index in [9.17, 15) is 18.0 Å². The molecule has 0 aromatic rings. The lowest BCUT2D eigenvalue weighted by Gasteiger charge is -2.32. The molecule has 1 aliphatic heterocycles. The van der Waals surface area contributed by atoms with Crippen molar-refractivity contribution in [2.45, 2.75) is 45.3 Å². The van der Waals surface area contributed by atoms with Crippen molar-refractivity contribution in [2.75, 3.05) is 19.6 Å². The number of rotatable bonds is 4. The molecule has 0 aromatic carbocycles. The Labute approximate surface area is 106 Å². The molecule has 0 spiro atoms. The van der Waals surface area contributed by atoms with Gasteiger partial charge in [0.2, 0.25) is 5.91 Å². The van der Waals surface area contributed by atoms with Gasteiger partial charge in [-0.1, -0.05) is 6.92 Å². The molecule has 1 aliphatic rings. The normalized spacial score (nSPS) is 24.9. The highest BCUT2D eigenvalue weighted by Gasteiger charge is 2.35. The Kier molecular flexibility index (Phi) is 5.44. The van der Waals surface area contributed by atoms with E-state index in [-0.39, 0.29) is 24.4 Å². The summed E-state index contributed by atoms with van der Waals surface area (Å²) in [5, 5.41) is 3.19. The predicted octanol–water partition coefficient (Wildman–Crippen LogP) is 2.18. The topological polar surface area (TPSA) is 32.3 Å². The number of amides is 1. The summed E-state index contributed by atoms with van der Waals surface area (Å²) in [7, 11) is 0. The summed E-state index contributed by atoms with van der Waals surface area (Å²) in [6.07, 6.45) is -2.52. The average molecular weight is 266 g/mol. The minimum atomic E-state index is -4.32. The Morgan fingerprint density at radius 3 is 2.61 bits per heavy atom. The lowest BCUT2D eigenvalue weighted by molar-refractivity contribution is -0.164. The molecule has 1 N–H and O–H groups in total. The summed E-state index contributed by atoms with van der Waals surface area (Å²) in [5.41, 5.74) is 0. The molecule has 106 valence electrons. The van der Waals surface area contributed by atoms with Gasteiger partial charge in [0.25, 0.3) is 0 Å². The summed E-state index contributed by atoms with van der Waals surface area (Å²) < 4.78 is 37.3. The highest BCUT2D eigenvalue weighted by Crippen LogP contribution is 2.22. The van der Waals surface area contributed by atoms with Crippen molar-refractivity contribution in [1.82, 2.24) is 10.2 Å². The SMILES string of the molecule is CCCN(CC(F)(F)F)C(=O)C1CCNC(C)C1. The van der Waals surface area contributed by atoms with Crippen LogP contribution in [0.2, 0.25) is 0 Å². The Bertz CT molecular complexity index is 281. The minimum Gasteiger partial charge on any atom is -0.333 e. The molecule has 0 saturated carbocycles. The Hall–Kier alpha value is -0.780. The maximum Gasteiger partial charge on any atom is 0.406 e. The Balaban J connectivity index is 2.63. The summed E-state index contributed by atoms with van der Waals surface area (Å²) >= 11 is 0. The van der Waals surface area contributed by atoms with Crippen LogP contribution in [-0.4, -0.2) is 42.7 Å². The Morgan fingerprint density at radius 2 is 2.11 bits per heavy atom.